The maximum Gasteiger partial charge on any atom is 0.191 e. The van der Waals surface area contributed by atoms with Crippen LogP contribution >= 0.6 is 24.0 Å². The van der Waals surface area contributed by atoms with Crippen LogP contribution in [0.15, 0.2) is 27.8 Å². The van der Waals surface area contributed by atoms with E-state index in [4.69, 9.17) is 9.15 Å². The lowest BCUT2D eigenvalue weighted by Gasteiger charge is -2.29. The summed E-state index contributed by atoms with van der Waals surface area (Å²) in [5.74, 6) is 1.84. The molecule has 3 rings (SSSR count). The lowest BCUT2D eigenvalue weighted by Crippen LogP contribution is -2.49. The minimum atomic E-state index is 0. The molecule has 25 heavy (non-hydrogen) atoms. The smallest absolute Gasteiger partial charge is 0.191 e. The molecule has 7 heteroatoms. The van der Waals surface area contributed by atoms with Crippen molar-refractivity contribution in [2.75, 3.05) is 26.7 Å². The van der Waals surface area contributed by atoms with E-state index in [0.717, 1.165) is 44.2 Å². The van der Waals surface area contributed by atoms with Gasteiger partial charge in [-0.3, -0.25) is 9.89 Å². The van der Waals surface area contributed by atoms with Crippen LogP contribution in [-0.4, -0.2) is 55.8 Å². The van der Waals surface area contributed by atoms with Gasteiger partial charge in [0, 0.05) is 13.6 Å². The molecule has 1 aromatic heterocycles. The molecule has 2 aliphatic rings. The number of hydrogen-bond acceptors (Lipinski definition) is 4. The third kappa shape index (κ3) is 4.89. The van der Waals surface area contributed by atoms with Crippen LogP contribution in [0.3, 0.4) is 0 Å². The van der Waals surface area contributed by atoms with Gasteiger partial charge in [0.05, 0.1) is 30.6 Å². The SMILES string of the molecule is CCN(CC)C(CNC(=NC)NC1CC2CCC1O2)c1ccco1.I. The molecule has 2 aliphatic heterocycles. The van der Waals surface area contributed by atoms with Gasteiger partial charge in [0.2, 0.25) is 0 Å². The van der Waals surface area contributed by atoms with Crippen LogP contribution in [-0.2, 0) is 4.74 Å². The van der Waals surface area contributed by atoms with E-state index >= 15 is 0 Å². The Labute approximate surface area is 167 Å². The monoisotopic (exact) mass is 462 g/mol. The summed E-state index contributed by atoms with van der Waals surface area (Å²) in [4.78, 5) is 6.78. The Balaban J connectivity index is 0.00000225. The highest BCUT2D eigenvalue weighted by molar-refractivity contribution is 14.0. The molecule has 0 spiro atoms. The lowest BCUT2D eigenvalue weighted by atomic mass is 9.96. The Morgan fingerprint density at radius 2 is 2.16 bits per heavy atom. The van der Waals surface area contributed by atoms with Crippen molar-refractivity contribution in [3.05, 3.63) is 24.2 Å². The predicted octanol–water partition coefficient (Wildman–Crippen LogP) is 2.77. The van der Waals surface area contributed by atoms with Crippen molar-refractivity contribution in [3.63, 3.8) is 0 Å². The van der Waals surface area contributed by atoms with Gasteiger partial charge in [0.15, 0.2) is 5.96 Å². The quantitative estimate of drug-likeness (QED) is 0.371. The number of ether oxygens (including phenoxy) is 1. The number of aliphatic imine (C=N–C) groups is 1. The molecular weight excluding hydrogens is 431 g/mol. The van der Waals surface area contributed by atoms with E-state index in [0.29, 0.717) is 18.2 Å². The van der Waals surface area contributed by atoms with Gasteiger partial charge in [0.1, 0.15) is 5.76 Å². The van der Waals surface area contributed by atoms with Gasteiger partial charge < -0.3 is 19.8 Å². The summed E-state index contributed by atoms with van der Waals surface area (Å²) in [5, 5.41) is 7.01. The van der Waals surface area contributed by atoms with Crippen molar-refractivity contribution in [3.8, 4) is 0 Å². The van der Waals surface area contributed by atoms with E-state index in [9.17, 15) is 0 Å². The molecule has 4 atom stereocenters. The number of furan rings is 1. The lowest BCUT2D eigenvalue weighted by molar-refractivity contribution is 0.0992. The van der Waals surface area contributed by atoms with Crippen molar-refractivity contribution in [1.29, 1.82) is 0 Å². The van der Waals surface area contributed by atoms with E-state index < -0.39 is 0 Å². The fourth-order valence-electron chi connectivity index (χ4n) is 3.91. The zero-order chi connectivity index (χ0) is 16.9. The van der Waals surface area contributed by atoms with Crippen molar-refractivity contribution < 1.29 is 9.15 Å². The maximum atomic E-state index is 5.92. The number of nitrogens with one attached hydrogen (secondary N) is 2. The topological polar surface area (TPSA) is 62.0 Å². The van der Waals surface area contributed by atoms with Crippen molar-refractivity contribution in [2.24, 2.45) is 4.99 Å². The summed E-state index contributed by atoms with van der Waals surface area (Å²) in [7, 11) is 1.82. The van der Waals surface area contributed by atoms with Crippen LogP contribution in [0.4, 0.5) is 0 Å². The summed E-state index contributed by atoms with van der Waals surface area (Å²) in [6, 6.07) is 4.58. The predicted molar refractivity (Wildman–Crippen MR) is 111 cm³/mol. The zero-order valence-electron chi connectivity index (χ0n) is 15.4. The zero-order valence-corrected chi connectivity index (χ0v) is 17.7. The summed E-state index contributed by atoms with van der Waals surface area (Å²) in [5.41, 5.74) is 0. The van der Waals surface area contributed by atoms with E-state index in [-0.39, 0.29) is 30.0 Å². The molecule has 2 fully saturated rings. The molecule has 0 radical (unpaired) electrons. The minimum Gasteiger partial charge on any atom is -0.468 e. The Morgan fingerprint density at radius 1 is 1.36 bits per heavy atom. The molecule has 1 aromatic rings. The van der Waals surface area contributed by atoms with Gasteiger partial charge in [-0.1, -0.05) is 13.8 Å². The summed E-state index contributed by atoms with van der Waals surface area (Å²) >= 11 is 0. The van der Waals surface area contributed by atoms with Crippen LogP contribution < -0.4 is 10.6 Å². The average molecular weight is 462 g/mol. The molecular formula is C18H31IN4O2. The molecule has 0 saturated carbocycles. The Morgan fingerprint density at radius 3 is 2.68 bits per heavy atom. The number of hydrogen-bond donors (Lipinski definition) is 2. The van der Waals surface area contributed by atoms with Gasteiger partial charge in [-0.05, 0) is 44.5 Å². The van der Waals surface area contributed by atoms with Gasteiger partial charge in [0.25, 0.3) is 0 Å². The van der Waals surface area contributed by atoms with Crippen molar-refractivity contribution in [2.45, 2.75) is 57.4 Å². The third-order valence-corrected chi connectivity index (χ3v) is 5.24. The van der Waals surface area contributed by atoms with Crippen LogP contribution in [0, 0.1) is 0 Å². The van der Waals surface area contributed by atoms with Crippen LogP contribution in [0.25, 0.3) is 0 Å². The molecule has 0 amide bonds. The first-order chi connectivity index (χ1) is 11.7. The molecule has 4 unspecified atom stereocenters. The minimum absolute atomic E-state index is 0. The fourth-order valence-corrected chi connectivity index (χ4v) is 3.91. The highest BCUT2D eigenvalue weighted by Crippen LogP contribution is 2.34. The molecule has 6 nitrogen and oxygen atoms in total. The molecule has 3 heterocycles. The summed E-state index contributed by atoms with van der Waals surface area (Å²) < 4.78 is 11.6. The van der Waals surface area contributed by atoms with E-state index in [1.165, 1.54) is 6.42 Å². The highest BCUT2D eigenvalue weighted by atomic mass is 127. The number of rotatable bonds is 7. The second kappa shape index (κ2) is 9.78. The third-order valence-electron chi connectivity index (χ3n) is 5.24. The van der Waals surface area contributed by atoms with Crippen molar-refractivity contribution in [1.82, 2.24) is 15.5 Å². The first kappa shape index (κ1) is 20.5. The Kier molecular flexibility index (Phi) is 8.02. The number of likely N-dealkylation sites (N-methyl/N-ethyl adjacent to an activating group) is 1. The second-order valence-electron chi connectivity index (χ2n) is 6.57. The number of guanidine groups is 1. The largest absolute Gasteiger partial charge is 0.468 e. The fraction of sp³-hybridized carbons (Fsp3) is 0.722. The van der Waals surface area contributed by atoms with Crippen LogP contribution in [0.1, 0.15) is 44.9 Å². The molecule has 142 valence electrons. The van der Waals surface area contributed by atoms with Crippen molar-refractivity contribution >= 4 is 29.9 Å². The molecule has 0 aromatic carbocycles. The van der Waals surface area contributed by atoms with E-state index in [1.54, 1.807) is 6.26 Å². The normalized spacial score (nSPS) is 26.6. The van der Waals surface area contributed by atoms with Crippen LogP contribution in [0.5, 0.6) is 0 Å². The van der Waals surface area contributed by atoms with E-state index in [1.807, 2.05) is 19.2 Å². The molecule has 0 aliphatic carbocycles. The summed E-state index contributed by atoms with van der Waals surface area (Å²) in [6.07, 6.45) is 5.98. The Bertz CT molecular complexity index is 533. The number of nitrogens with zero attached hydrogens (tertiary/aromatic N) is 2. The number of halogens is 1. The standard InChI is InChI=1S/C18H30N4O2.HI/c1-4-22(5-2)15(17-7-6-10-23-17)12-20-18(19-3)21-14-11-13-8-9-16(14)24-13;/h6-7,10,13-16H,4-5,8-9,11-12H2,1-3H3,(H2,19,20,21);1H. The molecule has 2 bridgehead atoms. The van der Waals surface area contributed by atoms with Gasteiger partial charge in [-0.25, -0.2) is 0 Å². The Hall–Kier alpha value is -0.800. The second-order valence-corrected chi connectivity index (χ2v) is 6.57. The maximum absolute atomic E-state index is 5.92. The first-order valence-electron chi connectivity index (χ1n) is 9.15. The molecule has 2 saturated heterocycles. The average Bonchev–Trinajstić information content (AvgIpc) is 3.35. The molecule has 2 N–H and O–H groups in total. The number of fused-ring (bicyclic) bond motifs is 2. The first-order valence-corrected chi connectivity index (χ1v) is 9.15. The van der Waals surface area contributed by atoms with Crippen LogP contribution in [0.2, 0.25) is 0 Å². The highest BCUT2D eigenvalue weighted by Gasteiger charge is 2.41. The summed E-state index contributed by atoms with van der Waals surface area (Å²) in [6.45, 7) is 7.08. The van der Waals surface area contributed by atoms with E-state index in [2.05, 4.69) is 34.4 Å². The van der Waals surface area contributed by atoms with Gasteiger partial charge in [-0.2, -0.15) is 0 Å². The van der Waals surface area contributed by atoms with Gasteiger partial charge in [-0.15, -0.1) is 24.0 Å². The van der Waals surface area contributed by atoms with Gasteiger partial charge >= 0.3 is 0 Å².